The normalized spacial score (nSPS) is 31.8. The molecular weight excluding hydrogens is 182 g/mol. The van der Waals surface area contributed by atoms with Crippen molar-refractivity contribution in [2.24, 2.45) is 5.92 Å². The zero-order valence-corrected chi connectivity index (χ0v) is 9.13. The van der Waals surface area contributed by atoms with Gasteiger partial charge in [-0.25, -0.2) is 0 Å². The molecule has 0 bridgehead atoms. The van der Waals surface area contributed by atoms with Gasteiger partial charge in [0.2, 0.25) is 0 Å². The highest BCUT2D eigenvalue weighted by Crippen LogP contribution is 2.35. The molecule has 4 nitrogen and oxygen atoms in total. The summed E-state index contributed by atoms with van der Waals surface area (Å²) in [7, 11) is 4.94. The Labute approximate surface area is 85.0 Å². The number of likely N-dealkylation sites (N-methyl/N-ethyl adjacent to an activating group) is 1. The van der Waals surface area contributed by atoms with E-state index >= 15 is 0 Å². The molecule has 0 aliphatic heterocycles. The second kappa shape index (κ2) is 4.75. The summed E-state index contributed by atoms with van der Waals surface area (Å²) in [5.41, 5.74) is -0.474. The van der Waals surface area contributed by atoms with Crippen molar-refractivity contribution in [2.75, 3.05) is 27.9 Å². The van der Waals surface area contributed by atoms with E-state index in [0.29, 0.717) is 5.92 Å². The van der Waals surface area contributed by atoms with E-state index in [0.717, 1.165) is 25.9 Å². The number of hydrogen-bond acceptors (Lipinski definition) is 4. The summed E-state index contributed by atoms with van der Waals surface area (Å²) >= 11 is 0. The molecule has 0 aromatic carbocycles. The van der Waals surface area contributed by atoms with Gasteiger partial charge in [0.1, 0.15) is 5.54 Å². The molecule has 0 aromatic heterocycles. The highest BCUT2D eigenvalue weighted by Gasteiger charge is 2.44. The number of esters is 1. The number of carbonyl (C=O) groups is 1. The fraction of sp³-hybridized carbons (Fsp3) is 0.900. The largest absolute Gasteiger partial charge is 0.468 e. The average molecular weight is 201 g/mol. The number of rotatable bonds is 4. The lowest BCUT2D eigenvalue weighted by molar-refractivity contribution is -0.148. The smallest absolute Gasteiger partial charge is 0.326 e. The molecule has 1 N–H and O–H groups in total. The van der Waals surface area contributed by atoms with E-state index in [1.807, 2.05) is 7.05 Å². The van der Waals surface area contributed by atoms with Gasteiger partial charge in [-0.15, -0.1) is 0 Å². The molecule has 4 heteroatoms. The van der Waals surface area contributed by atoms with E-state index in [2.05, 4.69) is 5.32 Å². The van der Waals surface area contributed by atoms with E-state index in [-0.39, 0.29) is 5.97 Å². The Kier molecular flexibility index (Phi) is 3.89. The topological polar surface area (TPSA) is 47.6 Å². The van der Waals surface area contributed by atoms with Crippen molar-refractivity contribution in [1.29, 1.82) is 0 Å². The Morgan fingerprint density at radius 3 is 2.79 bits per heavy atom. The molecule has 82 valence electrons. The van der Waals surface area contributed by atoms with Gasteiger partial charge in [-0.1, -0.05) is 0 Å². The number of hydrogen-bond donors (Lipinski definition) is 1. The second-order valence-corrected chi connectivity index (χ2v) is 3.89. The third-order valence-corrected chi connectivity index (χ3v) is 3.07. The molecule has 1 saturated carbocycles. The molecule has 0 amide bonds. The van der Waals surface area contributed by atoms with Crippen molar-refractivity contribution < 1.29 is 14.3 Å². The minimum Gasteiger partial charge on any atom is -0.468 e. The van der Waals surface area contributed by atoms with Gasteiger partial charge in [-0.05, 0) is 32.2 Å². The van der Waals surface area contributed by atoms with Gasteiger partial charge in [0.25, 0.3) is 0 Å². The summed E-state index contributed by atoms with van der Waals surface area (Å²) in [5.74, 6) is 0.310. The van der Waals surface area contributed by atoms with Crippen LogP contribution in [-0.2, 0) is 14.3 Å². The van der Waals surface area contributed by atoms with E-state index in [4.69, 9.17) is 9.47 Å². The second-order valence-electron chi connectivity index (χ2n) is 3.89. The molecule has 0 spiro atoms. The van der Waals surface area contributed by atoms with Crippen LogP contribution in [-0.4, -0.2) is 39.4 Å². The molecule has 1 fully saturated rings. The summed E-state index contributed by atoms with van der Waals surface area (Å²) in [4.78, 5) is 11.6. The highest BCUT2D eigenvalue weighted by atomic mass is 16.5. The van der Waals surface area contributed by atoms with Crippen LogP contribution in [0.5, 0.6) is 0 Å². The molecule has 1 aliphatic rings. The van der Waals surface area contributed by atoms with Gasteiger partial charge in [0.05, 0.1) is 7.11 Å². The first-order valence-electron chi connectivity index (χ1n) is 4.95. The fourth-order valence-electron chi connectivity index (χ4n) is 2.24. The molecule has 1 aliphatic carbocycles. The van der Waals surface area contributed by atoms with Crippen molar-refractivity contribution in [3.05, 3.63) is 0 Å². The molecule has 0 radical (unpaired) electrons. The lowest BCUT2D eigenvalue weighted by Gasteiger charge is -2.25. The fourth-order valence-corrected chi connectivity index (χ4v) is 2.24. The maximum absolute atomic E-state index is 11.6. The van der Waals surface area contributed by atoms with Crippen LogP contribution in [0.15, 0.2) is 0 Å². The molecule has 2 unspecified atom stereocenters. The van der Waals surface area contributed by atoms with Crippen LogP contribution in [0, 0.1) is 5.92 Å². The molecule has 14 heavy (non-hydrogen) atoms. The van der Waals surface area contributed by atoms with Gasteiger partial charge < -0.3 is 14.8 Å². The molecule has 1 rings (SSSR count). The number of carbonyl (C=O) groups excluding carboxylic acids is 1. The van der Waals surface area contributed by atoms with E-state index in [1.54, 1.807) is 7.11 Å². The summed E-state index contributed by atoms with van der Waals surface area (Å²) in [6, 6.07) is 0. The average Bonchev–Trinajstić information content (AvgIpc) is 2.62. The van der Waals surface area contributed by atoms with E-state index in [1.165, 1.54) is 7.11 Å². The molecule has 2 atom stereocenters. The van der Waals surface area contributed by atoms with Gasteiger partial charge in [-0.3, -0.25) is 4.79 Å². The Morgan fingerprint density at radius 1 is 1.57 bits per heavy atom. The van der Waals surface area contributed by atoms with Crippen LogP contribution in [0.25, 0.3) is 0 Å². The van der Waals surface area contributed by atoms with Crippen LogP contribution in [0.2, 0.25) is 0 Å². The van der Waals surface area contributed by atoms with Crippen molar-refractivity contribution in [2.45, 2.75) is 24.8 Å². The first-order valence-corrected chi connectivity index (χ1v) is 4.95. The van der Waals surface area contributed by atoms with Gasteiger partial charge in [0, 0.05) is 13.7 Å². The number of ether oxygens (including phenoxy) is 2. The zero-order chi connectivity index (χ0) is 10.6. The summed E-state index contributed by atoms with van der Waals surface area (Å²) in [6.45, 7) is 0.723. The number of methoxy groups -OCH3 is 2. The van der Waals surface area contributed by atoms with Crippen molar-refractivity contribution >= 4 is 5.97 Å². The minimum atomic E-state index is -0.474. The number of nitrogens with one attached hydrogen (secondary N) is 1. The van der Waals surface area contributed by atoms with Gasteiger partial charge in [0.15, 0.2) is 0 Å². The quantitative estimate of drug-likeness (QED) is 0.675. The summed E-state index contributed by atoms with van der Waals surface area (Å²) in [5, 5.41) is 3.09. The van der Waals surface area contributed by atoms with Gasteiger partial charge in [-0.2, -0.15) is 0 Å². The first kappa shape index (κ1) is 11.5. The Bertz CT molecular complexity index is 208. The highest BCUT2D eigenvalue weighted by molar-refractivity contribution is 5.81. The van der Waals surface area contributed by atoms with Gasteiger partial charge >= 0.3 is 5.97 Å². The third-order valence-electron chi connectivity index (χ3n) is 3.07. The predicted octanol–water partition coefficient (Wildman–Crippen LogP) is 0.564. The van der Waals surface area contributed by atoms with Crippen LogP contribution < -0.4 is 5.32 Å². The van der Waals surface area contributed by atoms with E-state index in [9.17, 15) is 4.79 Å². The van der Waals surface area contributed by atoms with Crippen molar-refractivity contribution in [3.63, 3.8) is 0 Å². The van der Waals surface area contributed by atoms with Crippen molar-refractivity contribution in [3.8, 4) is 0 Å². The Morgan fingerprint density at radius 2 is 2.29 bits per heavy atom. The molecule has 0 heterocycles. The monoisotopic (exact) mass is 201 g/mol. The molecule has 0 aromatic rings. The lowest BCUT2D eigenvalue weighted by atomic mass is 9.96. The van der Waals surface area contributed by atoms with Crippen LogP contribution >= 0.6 is 0 Å². The predicted molar refractivity (Wildman–Crippen MR) is 53.0 cm³/mol. The Hall–Kier alpha value is -0.610. The van der Waals surface area contributed by atoms with E-state index < -0.39 is 5.54 Å². The molecular formula is C10H19NO3. The standard InChI is InChI=1S/C10H19NO3/c1-11-10(9(12)14-3)5-4-8(6-10)7-13-2/h8,11H,4-7H2,1-3H3. The third kappa shape index (κ3) is 2.07. The Balaban J connectivity index is 2.61. The SMILES string of the molecule is CNC1(C(=O)OC)CCC(COC)C1. The maximum Gasteiger partial charge on any atom is 0.326 e. The summed E-state index contributed by atoms with van der Waals surface area (Å²) < 4.78 is 9.91. The van der Waals surface area contributed by atoms with Crippen LogP contribution in [0.3, 0.4) is 0 Å². The zero-order valence-electron chi connectivity index (χ0n) is 9.13. The first-order chi connectivity index (χ1) is 6.68. The maximum atomic E-state index is 11.6. The van der Waals surface area contributed by atoms with Crippen molar-refractivity contribution in [1.82, 2.24) is 5.32 Å². The minimum absolute atomic E-state index is 0.154. The van der Waals surface area contributed by atoms with Crippen LogP contribution in [0.1, 0.15) is 19.3 Å². The summed E-state index contributed by atoms with van der Waals surface area (Å²) in [6.07, 6.45) is 2.66. The molecule has 0 saturated heterocycles. The lowest BCUT2D eigenvalue weighted by Crippen LogP contribution is -2.49. The van der Waals surface area contributed by atoms with Crippen LogP contribution in [0.4, 0.5) is 0 Å².